The monoisotopic (exact) mass is 250 g/mol. The minimum absolute atomic E-state index is 0.796. The van der Waals surface area contributed by atoms with Crippen LogP contribution < -0.4 is 0 Å². The maximum Gasteiger partial charge on any atom is 0.137 e. The second-order valence-corrected chi connectivity index (χ2v) is 5.82. The van der Waals surface area contributed by atoms with Crippen LogP contribution in [0.4, 0.5) is 0 Å². The van der Waals surface area contributed by atoms with Gasteiger partial charge in [0, 0.05) is 12.6 Å². The minimum atomic E-state index is 0.796. The first-order valence-corrected chi connectivity index (χ1v) is 7.32. The highest BCUT2D eigenvalue weighted by Gasteiger charge is 2.21. The molecule has 0 aromatic carbocycles. The average molecular weight is 250 g/mol. The number of aromatic nitrogens is 3. The van der Waals surface area contributed by atoms with E-state index in [-0.39, 0.29) is 0 Å². The Morgan fingerprint density at radius 1 is 1.28 bits per heavy atom. The van der Waals surface area contributed by atoms with Crippen molar-refractivity contribution in [3.63, 3.8) is 0 Å². The molecule has 1 saturated heterocycles. The van der Waals surface area contributed by atoms with E-state index in [4.69, 9.17) is 0 Å². The highest BCUT2D eigenvalue weighted by atomic mass is 15.3. The summed E-state index contributed by atoms with van der Waals surface area (Å²) in [6.45, 7) is 7.99. The number of hydrogen-bond acceptors (Lipinski definition) is 3. The van der Waals surface area contributed by atoms with Crippen LogP contribution in [0.15, 0.2) is 12.7 Å². The molecule has 2 rings (SSSR count). The third-order valence-electron chi connectivity index (χ3n) is 3.91. The summed E-state index contributed by atoms with van der Waals surface area (Å²) in [6, 6.07) is 0.796. The summed E-state index contributed by atoms with van der Waals surface area (Å²) in [5.41, 5.74) is 0. The molecule has 0 bridgehead atoms. The van der Waals surface area contributed by atoms with E-state index in [0.29, 0.717) is 0 Å². The molecule has 1 aromatic rings. The SMILES string of the molecule is CC(C)CC[C@H]1CCCCN1CCn1cncn1. The van der Waals surface area contributed by atoms with Gasteiger partial charge < -0.3 is 0 Å². The first-order valence-electron chi connectivity index (χ1n) is 7.32. The first-order chi connectivity index (χ1) is 8.75. The molecule has 0 spiro atoms. The molecular weight excluding hydrogens is 224 g/mol. The number of nitrogens with zero attached hydrogens (tertiary/aromatic N) is 4. The molecule has 0 amide bonds. The Kier molecular flexibility index (Phi) is 5.17. The lowest BCUT2D eigenvalue weighted by molar-refractivity contribution is 0.128. The predicted molar refractivity (Wildman–Crippen MR) is 73.3 cm³/mol. The van der Waals surface area contributed by atoms with E-state index in [2.05, 4.69) is 28.8 Å². The molecule has 0 N–H and O–H groups in total. The molecule has 1 atom stereocenters. The number of piperidine rings is 1. The molecule has 1 aliphatic heterocycles. The standard InChI is InChI=1S/C14H26N4/c1-13(2)6-7-14-5-3-4-8-17(14)9-10-18-12-15-11-16-18/h11-14H,3-10H2,1-2H3/t14-/m1/s1. The first kappa shape index (κ1) is 13.5. The summed E-state index contributed by atoms with van der Waals surface area (Å²) in [5, 5.41) is 4.18. The molecule has 1 aromatic heterocycles. The lowest BCUT2D eigenvalue weighted by atomic mass is 9.95. The Morgan fingerprint density at radius 3 is 2.89 bits per heavy atom. The van der Waals surface area contributed by atoms with E-state index in [0.717, 1.165) is 25.0 Å². The van der Waals surface area contributed by atoms with Crippen LogP contribution in [-0.4, -0.2) is 38.8 Å². The zero-order valence-electron chi connectivity index (χ0n) is 11.8. The molecule has 4 nitrogen and oxygen atoms in total. The highest BCUT2D eigenvalue weighted by Crippen LogP contribution is 2.22. The van der Waals surface area contributed by atoms with E-state index in [9.17, 15) is 0 Å². The van der Waals surface area contributed by atoms with Gasteiger partial charge in [0.05, 0.1) is 6.54 Å². The third-order valence-corrected chi connectivity index (χ3v) is 3.91. The summed E-state index contributed by atoms with van der Waals surface area (Å²) < 4.78 is 1.94. The van der Waals surface area contributed by atoms with Gasteiger partial charge in [0.2, 0.25) is 0 Å². The van der Waals surface area contributed by atoms with Crippen LogP contribution in [0.25, 0.3) is 0 Å². The van der Waals surface area contributed by atoms with Crippen molar-refractivity contribution < 1.29 is 0 Å². The Morgan fingerprint density at radius 2 is 2.17 bits per heavy atom. The van der Waals surface area contributed by atoms with Gasteiger partial charge in [-0.1, -0.05) is 20.3 Å². The third kappa shape index (κ3) is 4.09. The zero-order valence-corrected chi connectivity index (χ0v) is 11.8. The Hall–Kier alpha value is -0.900. The summed E-state index contributed by atoms with van der Waals surface area (Å²) in [4.78, 5) is 6.66. The fourth-order valence-electron chi connectivity index (χ4n) is 2.79. The van der Waals surface area contributed by atoms with Crippen LogP contribution in [-0.2, 0) is 6.54 Å². The number of likely N-dealkylation sites (tertiary alicyclic amines) is 1. The molecule has 2 heterocycles. The second kappa shape index (κ2) is 6.88. The van der Waals surface area contributed by atoms with E-state index < -0.39 is 0 Å². The second-order valence-electron chi connectivity index (χ2n) is 5.82. The van der Waals surface area contributed by atoms with Crippen molar-refractivity contribution in [2.75, 3.05) is 13.1 Å². The van der Waals surface area contributed by atoms with Gasteiger partial charge in [-0.15, -0.1) is 0 Å². The van der Waals surface area contributed by atoms with Crippen LogP contribution >= 0.6 is 0 Å². The molecular formula is C14H26N4. The zero-order chi connectivity index (χ0) is 12.8. The van der Waals surface area contributed by atoms with E-state index >= 15 is 0 Å². The van der Waals surface area contributed by atoms with Crippen LogP contribution in [0.5, 0.6) is 0 Å². The van der Waals surface area contributed by atoms with Crippen LogP contribution in [0.3, 0.4) is 0 Å². The van der Waals surface area contributed by atoms with Crippen LogP contribution in [0.1, 0.15) is 46.0 Å². The summed E-state index contributed by atoms with van der Waals surface area (Å²) >= 11 is 0. The van der Waals surface area contributed by atoms with Gasteiger partial charge in [0.15, 0.2) is 0 Å². The van der Waals surface area contributed by atoms with Gasteiger partial charge in [-0.3, -0.25) is 9.58 Å². The lowest BCUT2D eigenvalue weighted by Gasteiger charge is -2.36. The van der Waals surface area contributed by atoms with Crippen molar-refractivity contribution >= 4 is 0 Å². The quantitative estimate of drug-likeness (QED) is 0.778. The summed E-state index contributed by atoms with van der Waals surface area (Å²) in [6.07, 6.45) is 10.3. The van der Waals surface area contributed by atoms with Crippen molar-refractivity contribution in [2.24, 2.45) is 5.92 Å². The predicted octanol–water partition coefficient (Wildman–Crippen LogP) is 2.57. The van der Waals surface area contributed by atoms with Crippen molar-refractivity contribution in [3.8, 4) is 0 Å². The lowest BCUT2D eigenvalue weighted by Crippen LogP contribution is -2.41. The van der Waals surface area contributed by atoms with E-state index in [1.165, 1.54) is 38.6 Å². The smallest absolute Gasteiger partial charge is 0.137 e. The van der Waals surface area contributed by atoms with Gasteiger partial charge in [-0.25, -0.2) is 4.98 Å². The number of rotatable bonds is 6. The van der Waals surface area contributed by atoms with Crippen molar-refractivity contribution in [2.45, 2.75) is 58.5 Å². The molecule has 102 valence electrons. The van der Waals surface area contributed by atoms with Crippen LogP contribution in [0.2, 0.25) is 0 Å². The molecule has 4 heteroatoms. The highest BCUT2D eigenvalue weighted by molar-refractivity contribution is 4.77. The molecule has 0 aliphatic carbocycles. The van der Waals surface area contributed by atoms with Gasteiger partial charge >= 0.3 is 0 Å². The van der Waals surface area contributed by atoms with Gasteiger partial charge in [-0.2, -0.15) is 5.10 Å². The van der Waals surface area contributed by atoms with Crippen molar-refractivity contribution in [1.82, 2.24) is 19.7 Å². The maximum absolute atomic E-state index is 4.18. The molecule has 0 saturated carbocycles. The molecule has 18 heavy (non-hydrogen) atoms. The normalized spacial score (nSPS) is 21.6. The van der Waals surface area contributed by atoms with Crippen LogP contribution in [0, 0.1) is 5.92 Å². The van der Waals surface area contributed by atoms with E-state index in [1.807, 2.05) is 11.0 Å². The van der Waals surface area contributed by atoms with E-state index in [1.54, 1.807) is 6.33 Å². The van der Waals surface area contributed by atoms with Crippen molar-refractivity contribution in [1.29, 1.82) is 0 Å². The Labute approximate surface area is 110 Å². The topological polar surface area (TPSA) is 34.0 Å². The summed E-state index contributed by atoms with van der Waals surface area (Å²) in [5.74, 6) is 0.823. The van der Waals surface area contributed by atoms with Gasteiger partial charge in [0.25, 0.3) is 0 Å². The fourth-order valence-corrected chi connectivity index (χ4v) is 2.79. The largest absolute Gasteiger partial charge is 0.299 e. The van der Waals surface area contributed by atoms with Gasteiger partial charge in [-0.05, 0) is 38.1 Å². The molecule has 0 radical (unpaired) electrons. The minimum Gasteiger partial charge on any atom is -0.299 e. The number of hydrogen-bond donors (Lipinski definition) is 0. The van der Waals surface area contributed by atoms with Crippen molar-refractivity contribution in [3.05, 3.63) is 12.7 Å². The summed E-state index contributed by atoms with van der Waals surface area (Å²) in [7, 11) is 0. The maximum atomic E-state index is 4.18. The molecule has 1 fully saturated rings. The Balaban J connectivity index is 1.79. The van der Waals surface area contributed by atoms with Gasteiger partial charge in [0.1, 0.15) is 12.7 Å². The average Bonchev–Trinajstić information content (AvgIpc) is 2.88. The molecule has 1 aliphatic rings. The molecule has 0 unspecified atom stereocenters. The fraction of sp³-hybridized carbons (Fsp3) is 0.857. The Bertz CT molecular complexity index is 321.